The van der Waals surface area contributed by atoms with Gasteiger partial charge in [-0.2, -0.15) is 0 Å². The van der Waals surface area contributed by atoms with E-state index in [1.807, 2.05) is 0 Å². The van der Waals surface area contributed by atoms with E-state index in [0.717, 1.165) is 5.56 Å². The summed E-state index contributed by atoms with van der Waals surface area (Å²) in [7, 11) is -3.44. The quantitative estimate of drug-likeness (QED) is 0.462. The van der Waals surface area contributed by atoms with Gasteiger partial charge in [0.15, 0.2) is 0 Å². The van der Waals surface area contributed by atoms with Crippen molar-refractivity contribution in [2.24, 2.45) is 5.14 Å². The monoisotopic (exact) mass is 288 g/mol. The minimum Gasteiger partial charge on any atom is -0.493 e. The van der Waals surface area contributed by atoms with Crippen LogP contribution in [0.1, 0.15) is 18.4 Å². The Bertz CT molecular complexity index is 556. The van der Waals surface area contributed by atoms with Gasteiger partial charge >= 0.3 is 0 Å². The molecular formula is C11H16N2O5S. The van der Waals surface area contributed by atoms with Crippen molar-refractivity contribution in [1.29, 1.82) is 0 Å². The minimum atomic E-state index is -3.44. The first-order chi connectivity index (χ1) is 8.79. The Labute approximate surface area is 111 Å². The molecule has 106 valence electrons. The Kier molecular flexibility index (Phi) is 5.25. The molecule has 0 unspecified atom stereocenters. The lowest BCUT2D eigenvalue weighted by molar-refractivity contribution is -0.384. The fourth-order valence-electron chi connectivity index (χ4n) is 1.45. The van der Waals surface area contributed by atoms with E-state index in [-0.39, 0.29) is 18.0 Å². The first-order valence-corrected chi connectivity index (χ1v) is 7.39. The summed E-state index contributed by atoms with van der Waals surface area (Å²) in [5.41, 5.74) is 0.752. The van der Waals surface area contributed by atoms with E-state index < -0.39 is 14.9 Å². The highest BCUT2D eigenvalue weighted by molar-refractivity contribution is 7.89. The van der Waals surface area contributed by atoms with E-state index in [9.17, 15) is 18.5 Å². The molecule has 0 radical (unpaired) electrons. The molecular weight excluding hydrogens is 272 g/mol. The Hall–Kier alpha value is -1.67. The van der Waals surface area contributed by atoms with Crippen molar-refractivity contribution < 1.29 is 18.1 Å². The fourth-order valence-corrected chi connectivity index (χ4v) is 2.05. The van der Waals surface area contributed by atoms with Crippen LogP contribution in [-0.2, 0) is 10.0 Å². The first-order valence-electron chi connectivity index (χ1n) is 5.68. The highest BCUT2D eigenvalue weighted by Crippen LogP contribution is 2.24. The number of nitro benzene ring substituents is 1. The Morgan fingerprint density at radius 3 is 2.63 bits per heavy atom. The molecule has 0 heterocycles. The number of sulfonamides is 1. The molecule has 0 amide bonds. The maximum Gasteiger partial charge on any atom is 0.273 e. The lowest BCUT2D eigenvalue weighted by Crippen LogP contribution is -2.16. The van der Waals surface area contributed by atoms with Gasteiger partial charge in [0, 0.05) is 6.07 Å². The number of benzene rings is 1. The number of unbranched alkanes of at least 4 members (excludes halogenated alkanes) is 1. The van der Waals surface area contributed by atoms with Crippen molar-refractivity contribution in [2.75, 3.05) is 12.4 Å². The molecule has 0 spiro atoms. The molecule has 0 atom stereocenters. The van der Waals surface area contributed by atoms with Gasteiger partial charge in [-0.3, -0.25) is 10.1 Å². The van der Waals surface area contributed by atoms with Crippen molar-refractivity contribution in [3.63, 3.8) is 0 Å². The van der Waals surface area contributed by atoms with Crippen molar-refractivity contribution in [2.45, 2.75) is 19.8 Å². The number of ether oxygens (including phenoxy) is 1. The molecule has 7 nitrogen and oxygen atoms in total. The second-order valence-electron chi connectivity index (χ2n) is 4.13. The Morgan fingerprint density at radius 2 is 2.05 bits per heavy atom. The van der Waals surface area contributed by atoms with Gasteiger partial charge in [-0.1, -0.05) is 0 Å². The summed E-state index contributed by atoms with van der Waals surface area (Å²) < 4.78 is 26.8. The van der Waals surface area contributed by atoms with Gasteiger partial charge in [0.1, 0.15) is 5.75 Å². The molecule has 8 heteroatoms. The van der Waals surface area contributed by atoms with Crippen LogP contribution in [0.4, 0.5) is 5.69 Å². The summed E-state index contributed by atoms with van der Waals surface area (Å²) in [6, 6.07) is 4.37. The van der Waals surface area contributed by atoms with Crippen LogP contribution in [0, 0.1) is 17.0 Å². The second-order valence-corrected chi connectivity index (χ2v) is 5.86. The Morgan fingerprint density at radius 1 is 1.37 bits per heavy atom. The van der Waals surface area contributed by atoms with Crippen LogP contribution in [0.15, 0.2) is 18.2 Å². The molecule has 1 aromatic rings. The first kappa shape index (κ1) is 15.4. The number of non-ortho nitro benzene ring substituents is 1. The van der Waals surface area contributed by atoms with Gasteiger partial charge in [0.2, 0.25) is 10.0 Å². The number of nitrogens with zero attached hydrogens (tertiary/aromatic N) is 1. The average Bonchev–Trinajstić information content (AvgIpc) is 2.29. The number of hydrogen-bond donors (Lipinski definition) is 1. The van der Waals surface area contributed by atoms with Crippen LogP contribution in [0.25, 0.3) is 0 Å². The van der Waals surface area contributed by atoms with Gasteiger partial charge in [0.05, 0.1) is 23.3 Å². The molecule has 1 rings (SSSR count). The molecule has 0 aliphatic rings. The highest BCUT2D eigenvalue weighted by atomic mass is 32.2. The lowest BCUT2D eigenvalue weighted by Gasteiger charge is -2.08. The number of nitro groups is 1. The predicted octanol–water partition coefficient (Wildman–Crippen LogP) is 1.35. The van der Waals surface area contributed by atoms with E-state index >= 15 is 0 Å². The molecule has 2 N–H and O–H groups in total. The molecule has 0 saturated heterocycles. The summed E-state index contributed by atoms with van der Waals surface area (Å²) in [5, 5.41) is 15.5. The van der Waals surface area contributed by atoms with E-state index in [0.29, 0.717) is 18.6 Å². The van der Waals surface area contributed by atoms with E-state index in [4.69, 9.17) is 9.88 Å². The number of rotatable bonds is 7. The summed E-state index contributed by atoms with van der Waals surface area (Å²) in [6.07, 6.45) is 0.908. The molecule has 0 bridgehead atoms. The van der Waals surface area contributed by atoms with Gasteiger partial charge in [0.25, 0.3) is 5.69 Å². The molecule has 0 saturated carbocycles. The summed E-state index contributed by atoms with van der Waals surface area (Å²) in [6.45, 7) is 2.07. The maximum atomic E-state index is 10.7. The molecule has 0 fully saturated rings. The van der Waals surface area contributed by atoms with Gasteiger partial charge < -0.3 is 4.74 Å². The third-order valence-corrected chi connectivity index (χ3v) is 3.32. The molecule has 1 aromatic carbocycles. The zero-order chi connectivity index (χ0) is 14.5. The topological polar surface area (TPSA) is 113 Å². The number of aryl methyl sites for hydroxylation is 1. The number of nitrogens with two attached hydrogens (primary N) is 1. The van der Waals surface area contributed by atoms with Gasteiger partial charge in [-0.05, 0) is 31.4 Å². The third-order valence-electron chi connectivity index (χ3n) is 2.46. The predicted molar refractivity (Wildman–Crippen MR) is 70.5 cm³/mol. The van der Waals surface area contributed by atoms with Crippen LogP contribution < -0.4 is 9.88 Å². The largest absolute Gasteiger partial charge is 0.493 e. The fraction of sp³-hybridized carbons (Fsp3) is 0.455. The Balaban J connectivity index is 2.49. The van der Waals surface area contributed by atoms with Crippen molar-refractivity contribution >= 4 is 15.7 Å². The van der Waals surface area contributed by atoms with Crippen LogP contribution in [0.2, 0.25) is 0 Å². The normalized spacial score (nSPS) is 11.3. The van der Waals surface area contributed by atoms with Gasteiger partial charge in [-0.25, -0.2) is 13.6 Å². The lowest BCUT2D eigenvalue weighted by atomic mass is 10.2. The summed E-state index contributed by atoms with van der Waals surface area (Å²) in [5.74, 6) is 0.342. The zero-order valence-electron chi connectivity index (χ0n) is 10.5. The van der Waals surface area contributed by atoms with E-state index in [1.165, 1.54) is 12.1 Å². The van der Waals surface area contributed by atoms with Crippen LogP contribution in [0.3, 0.4) is 0 Å². The van der Waals surface area contributed by atoms with E-state index in [2.05, 4.69) is 0 Å². The maximum absolute atomic E-state index is 10.7. The summed E-state index contributed by atoms with van der Waals surface area (Å²) >= 11 is 0. The number of hydrogen-bond acceptors (Lipinski definition) is 5. The van der Waals surface area contributed by atoms with Crippen molar-refractivity contribution in [3.05, 3.63) is 33.9 Å². The second kappa shape index (κ2) is 6.48. The molecule has 19 heavy (non-hydrogen) atoms. The standard InChI is InChI=1S/C11H16N2O5S/c1-9-4-5-10(13(14)15)8-11(9)18-6-2-3-7-19(12,16)17/h4-5,8H,2-3,6-7H2,1H3,(H2,12,16,17). The highest BCUT2D eigenvalue weighted by Gasteiger charge is 2.09. The van der Waals surface area contributed by atoms with Gasteiger partial charge in [-0.15, -0.1) is 0 Å². The average molecular weight is 288 g/mol. The van der Waals surface area contributed by atoms with Crippen LogP contribution >= 0.6 is 0 Å². The SMILES string of the molecule is Cc1ccc([N+](=O)[O-])cc1OCCCCS(N)(=O)=O. The van der Waals surface area contributed by atoms with Crippen LogP contribution in [0.5, 0.6) is 5.75 Å². The zero-order valence-corrected chi connectivity index (χ0v) is 11.4. The smallest absolute Gasteiger partial charge is 0.273 e. The van der Waals surface area contributed by atoms with Crippen LogP contribution in [-0.4, -0.2) is 25.7 Å². The minimum absolute atomic E-state index is 0.0369. The summed E-state index contributed by atoms with van der Waals surface area (Å²) in [4.78, 5) is 10.1. The molecule has 0 aromatic heterocycles. The molecule has 0 aliphatic carbocycles. The molecule has 0 aliphatic heterocycles. The van der Waals surface area contributed by atoms with Crippen molar-refractivity contribution in [3.8, 4) is 5.75 Å². The van der Waals surface area contributed by atoms with E-state index in [1.54, 1.807) is 13.0 Å². The van der Waals surface area contributed by atoms with Crippen molar-refractivity contribution in [1.82, 2.24) is 0 Å². The number of primary sulfonamides is 1. The third kappa shape index (κ3) is 5.66.